The van der Waals surface area contributed by atoms with Gasteiger partial charge in [0.25, 0.3) is 0 Å². The maximum Gasteiger partial charge on any atom is 0.0841 e. The van der Waals surface area contributed by atoms with Crippen LogP contribution in [0, 0.1) is 10.6 Å². The molecule has 0 saturated heterocycles. The van der Waals surface area contributed by atoms with E-state index in [1.165, 1.54) is 12.8 Å². The molecule has 0 bridgehead atoms. The minimum Gasteiger partial charge on any atom is -0.634 e. The molecule has 2 atom stereocenters. The molecular weight excluding hydrogens is 150 g/mol. The van der Waals surface area contributed by atoms with Crippen molar-refractivity contribution in [3.05, 3.63) is 5.21 Å². The SMILES string of the molecule is CC(CCCC(C)(C)C)[NH+](C)[O-]. The predicted octanol–water partition coefficient (Wildman–Crippen LogP) is 1.60. The molecule has 2 heteroatoms. The van der Waals surface area contributed by atoms with Gasteiger partial charge in [0.2, 0.25) is 0 Å². The maximum atomic E-state index is 10.9. The summed E-state index contributed by atoms with van der Waals surface area (Å²) in [5.41, 5.74) is 0.413. The van der Waals surface area contributed by atoms with E-state index in [0.29, 0.717) is 10.5 Å². The van der Waals surface area contributed by atoms with Crippen LogP contribution >= 0.6 is 0 Å². The van der Waals surface area contributed by atoms with Crippen molar-refractivity contribution in [2.45, 2.75) is 53.0 Å². The Balaban J connectivity index is 3.44. The van der Waals surface area contributed by atoms with Gasteiger partial charge < -0.3 is 10.3 Å². The van der Waals surface area contributed by atoms with E-state index in [1.54, 1.807) is 7.05 Å². The second-order valence-corrected chi connectivity index (χ2v) is 4.96. The number of quaternary nitrogens is 1. The monoisotopic (exact) mass is 173 g/mol. The summed E-state index contributed by atoms with van der Waals surface area (Å²) in [5.74, 6) is 0. The Labute approximate surface area is 76.5 Å². The number of hydroxylamine groups is 2. The summed E-state index contributed by atoms with van der Waals surface area (Å²) in [7, 11) is 1.68. The molecule has 0 aromatic carbocycles. The second kappa shape index (κ2) is 4.83. The van der Waals surface area contributed by atoms with E-state index in [0.717, 1.165) is 6.42 Å². The van der Waals surface area contributed by atoms with Crippen LogP contribution in [-0.2, 0) is 0 Å². The molecule has 2 unspecified atom stereocenters. The molecule has 0 aromatic rings. The van der Waals surface area contributed by atoms with Gasteiger partial charge in [-0.25, -0.2) is 0 Å². The van der Waals surface area contributed by atoms with E-state index in [1.807, 2.05) is 6.92 Å². The summed E-state index contributed by atoms with van der Waals surface area (Å²) < 4.78 is 0. The van der Waals surface area contributed by atoms with Crippen LogP contribution in [0.2, 0.25) is 0 Å². The molecule has 0 aromatic heterocycles. The molecule has 0 aliphatic rings. The van der Waals surface area contributed by atoms with E-state index in [-0.39, 0.29) is 6.04 Å². The first-order chi connectivity index (χ1) is 5.33. The van der Waals surface area contributed by atoms with Crippen LogP contribution in [0.3, 0.4) is 0 Å². The van der Waals surface area contributed by atoms with Crippen LogP contribution < -0.4 is 5.06 Å². The topological polar surface area (TPSA) is 27.5 Å². The van der Waals surface area contributed by atoms with Gasteiger partial charge in [0.05, 0.1) is 13.1 Å². The lowest BCUT2D eigenvalue weighted by Gasteiger charge is -2.25. The average Bonchev–Trinajstić information content (AvgIpc) is 1.84. The maximum absolute atomic E-state index is 10.9. The summed E-state index contributed by atoms with van der Waals surface area (Å²) in [6.45, 7) is 8.74. The molecule has 0 aliphatic heterocycles. The summed E-state index contributed by atoms with van der Waals surface area (Å²) in [6.07, 6.45) is 3.43. The molecule has 0 spiro atoms. The molecule has 0 amide bonds. The number of rotatable bonds is 4. The molecular formula is C10H23NO. The highest BCUT2D eigenvalue weighted by Crippen LogP contribution is 2.21. The highest BCUT2D eigenvalue weighted by molar-refractivity contribution is 4.62. The van der Waals surface area contributed by atoms with Crippen molar-refractivity contribution in [2.24, 2.45) is 5.41 Å². The smallest absolute Gasteiger partial charge is 0.0841 e. The fourth-order valence-corrected chi connectivity index (χ4v) is 1.14. The van der Waals surface area contributed by atoms with Gasteiger partial charge in [-0.1, -0.05) is 20.8 Å². The van der Waals surface area contributed by atoms with Crippen LogP contribution in [0.4, 0.5) is 0 Å². The first kappa shape index (κ1) is 11.9. The third-order valence-electron chi connectivity index (χ3n) is 2.26. The Morgan fingerprint density at radius 2 is 1.83 bits per heavy atom. The largest absolute Gasteiger partial charge is 0.634 e. The number of hydrogen-bond acceptors (Lipinski definition) is 1. The van der Waals surface area contributed by atoms with Gasteiger partial charge in [-0.05, 0) is 31.6 Å². The van der Waals surface area contributed by atoms with Gasteiger partial charge in [-0.2, -0.15) is 0 Å². The number of nitrogens with one attached hydrogen (secondary N) is 1. The predicted molar refractivity (Wildman–Crippen MR) is 53.0 cm³/mol. The van der Waals surface area contributed by atoms with Crippen LogP contribution in [0.5, 0.6) is 0 Å². The van der Waals surface area contributed by atoms with Crippen molar-refractivity contribution in [1.82, 2.24) is 0 Å². The molecule has 1 N–H and O–H groups in total. The van der Waals surface area contributed by atoms with Crippen molar-refractivity contribution in [1.29, 1.82) is 0 Å². The first-order valence-corrected chi connectivity index (χ1v) is 4.83. The molecule has 0 heterocycles. The van der Waals surface area contributed by atoms with Crippen molar-refractivity contribution >= 4 is 0 Å². The fourth-order valence-electron chi connectivity index (χ4n) is 1.14. The highest BCUT2D eigenvalue weighted by atomic mass is 16.5. The molecule has 2 nitrogen and oxygen atoms in total. The zero-order valence-electron chi connectivity index (χ0n) is 9.11. The molecule has 0 saturated carbocycles. The fraction of sp³-hybridized carbons (Fsp3) is 1.00. The molecule has 0 fully saturated rings. The minimum absolute atomic E-state index is 0.257. The lowest BCUT2D eigenvalue weighted by molar-refractivity contribution is -0.852. The summed E-state index contributed by atoms with van der Waals surface area (Å²) >= 11 is 0. The van der Waals surface area contributed by atoms with Crippen molar-refractivity contribution in [2.75, 3.05) is 7.05 Å². The van der Waals surface area contributed by atoms with Crippen LogP contribution in [0.1, 0.15) is 47.0 Å². The van der Waals surface area contributed by atoms with Crippen LogP contribution in [0.15, 0.2) is 0 Å². The van der Waals surface area contributed by atoms with Gasteiger partial charge in [0.1, 0.15) is 0 Å². The van der Waals surface area contributed by atoms with E-state index < -0.39 is 0 Å². The molecule has 0 radical (unpaired) electrons. The van der Waals surface area contributed by atoms with Crippen LogP contribution in [-0.4, -0.2) is 13.1 Å². The second-order valence-electron chi connectivity index (χ2n) is 4.96. The quantitative estimate of drug-likeness (QED) is 0.642. The Morgan fingerprint density at radius 1 is 1.33 bits per heavy atom. The van der Waals surface area contributed by atoms with E-state index in [2.05, 4.69) is 20.8 Å². The Morgan fingerprint density at radius 3 is 2.17 bits per heavy atom. The van der Waals surface area contributed by atoms with E-state index in [4.69, 9.17) is 0 Å². The third-order valence-corrected chi connectivity index (χ3v) is 2.26. The molecule has 74 valence electrons. The van der Waals surface area contributed by atoms with Gasteiger partial charge in [-0.15, -0.1) is 0 Å². The van der Waals surface area contributed by atoms with Gasteiger partial charge in [0.15, 0.2) is 0 Å². The lowest BCUT2D eigenvalue weighted by atomic mass is 9.89. The van der Waals surface area contributed by atoms with Crippen molar-refractivity contribution in [3.63, 3.8) is 0 Å². The molecule has 0 aliphatic carbocycles. The minimum atomic E-state index is 0.257. The van der Waals surface area contributed by atoms with E-state index in [9.17, 15) is 5.21 Å². The van der Waals surface area contributed by atoms with Crippen molar-refractivity contribution in [3.8, 4) is 0 Å². The zero-order chi connectivity index (χ0) is 9.78. The van der Waals surface area contributed by atoms with Crippen molar-refractivity contribution < 1.29 is 5.06 Å². The van der Waals surface area contributed by atoms with Gasteiger partial charge in [-0.3, -0.25) is 0 Å². The number of hydrogen-bond donors (Lipinski definition) is 1. The summed E-state index contributed by atoms with van der Waals surface area (Å²) in [4.78, 5) is 0. The first-order valence-electron chi connectivity index (χ1n) is 4.83. The third kappa shape index (κ3) is 6.62. The Bertz CT molecular complexity index is 115. The van der Waals surface area contributed by atoms with Gasteiger partial charge >= 0.3 is 0 Å². The highest BCUT2D eigenvalue weighted by Gasteiger charge is 2.11. The molecule has 0 rings (SSSR count). The van der Waals surface area contributed by atoms with Crippen LogP contribution in [0.25, 0.3) is 0 Å². The van der Waals surface area contributed by atoms with Gasteiger partial charge in [0, 0.05) is 0 Å². The van der Waals surface area contributed by atoms with E-state index >= 15 is 0 Å². The summed E-state index contributed by atoms with van der Waals surface area (Å²) in [6, 6.07) is 0.257. The lowest BCUT2D eigenvalue weighted by Crippen LogP contribution is -3.07. The standard InChI is InChI=1S/C10H23NO/c1-9(11(5)12)7-6-8-10(2,3)4/h9,11H,6-8H2,1-5H3. The molecule has 12 heavy (non-hydrogen) atoms. The normalized spacial score (nSPS) is 17.5. The Hall–Kier alpha value is -0.0800. The Kier molecular flexibility index (Phi) is 4.80. The summed E-state index contributed by atoms with van der Waals surface area (Å²) in [5, 5.41) is 11.2. The average molecular weight is 173 g/mol. The zero-order valence-corrected chi connectivity index (χ0v) is 9.11.